The van der Waals surface area contributed by atoms with E-state index in [1.165, 1.54) is 23.9 Å². The minimum atomic E-state index is -0.998. The van der Waals surface area contributed by atoms with Crippen molar-refractivity contribution in [3.05, 3.63) is 59.1 Å². The average Bonchev–Trinajstić information content (AvgIpc) is 2.47. The molecule has 108 valence electrons. The fourth-order valence-corrected chi connectivity index (χ4v) is 2.64. The maximum Gasteiger partial charge on any atom is 0.335 e. The Morgan fingerprint density at radius 3 is 2.38 bits per heavy atom. The highest BCUT2D eigenvalue weighted by Crippen LogP contribution is 2.26. The molecule has 1 amide bonds. The molecular weight excluding hydrogens is 310 g/mol. The van der Waals surface area contributed by atoms with E-state index >= 15 is 0 Å². The predicted molar refractivity (Wildman–Crippen MR) is 84.2 cm³/mol. The summed E-state index contributed by atoms with van der Waals surface area (Å²) in [6.45, 7) is 0. The molecule has 6 heteroatoms. The quantitative estimate of drug-likeness (QED) is 0.823. The van der Waals surface area contributed by atoms with E-state index in [1.54, 1.807) is 18.2 Å². The van der Waals surface area contributed by atoms with Gasteiger partial charge in [-0.05, 0) is 36.4 Å². The highest BCUT2D eigenvalue weighted by atomic mass is 35.5. The van der Waals surface area contributed by atoms with E-state index in [2.05, 4.69) is 5.32 Å². The zero-order valence-corrected chi connectivity index (χ0v) is 12.4. The Bertz CT molecular complexity index is 658. The summed E-state index contributed by atoms with van der Waals surface area (Å²) in [4.78, 5) is 23.4. The van der Waals surface area contributed by atoms with Crippen LogP contribution in [-0.2, 0) is 4.79 Å². The van der Waals surface area contributed by atoms with Gasteiger partial charge in [-0.2, -0.15) is 0 Å². The molecule has 4 nitrogen and oxygen atoms in total. The van der Waals surface area contributed by atoms with Crippen LogP contribution in [0.25, 0.3) is 0 Å². The standard InChI is InChI=1S/C15H12ClNO3S/c16-12-3-1-2-4-13(12)21-9-14(18)17-11-7-5-10(6-8-11)15(19)20/h1-8H,9H2,(H,17,18)(H,19,20). The SMILES string of the molecule is O=C(CSc1ccccc1Cl)Nc1ccc(C(=O)O)cc1. The van der Waals surface area contributed by atoms with E-state index in [0.717, 1.165) is 4.90 Å². The number of anilines is 1. The summed E-state index contributed by atoms with van der Waals surface area (Å²) in [5, 5.41) is 12.1. The van der Waals surface area contributed by atoms with Crippen LogP contribution < -0.4 is 5.32 Å². The van der Waals surface area contributed by atoms with Gasteiger partial charge < -0.3 is 10.4 Å². The van der Waals surface area contributed by atoms with Crippen LogP contribution in [0.2, 0.25) is 5.02 Å². The second kappa shape index (κ2) is 7.15. The molecule has 0 aliphatic carbocycles. The number of hydrogen-bond donors (Lipinski definition) is 2. The van der Waals surface area contributed by atoms with Crippen molar-refractivity contribution in [2.45, 2.75) is 4.90 Å². The Morgan fingerprint density at radius 1 is 1.10 bits per heavy atom. The Labute approximate surface area is 131 Å². The van der Waals surface area contributed by atoms with Crippen molar-refractivity contribution in [3.8, 4) is 0 Å². The molecule has 0 saturated carbocycles. The van der Waals surface area contributed by atoms with Gasteiger partial charge in [0.15, 0.2) is 0 Å². The number of rotatable bonds is 5. The molecule has 0 aliphatic heterocycles. The lowest BCUT2D eigenvalue weighted by Crippen LogP contribution is -2.14. The summed E-state index contributed by atoms with van der Waals surface area (Å²) in [5.74, 6) is -0.949. The van der Waals surface area contributed by atoms with Gasteiger partial charge in [-0.3, -0.25) is 4.79 Å². The highest BCUT2D eigenvalue weighted by Gasteiger charge is 2.07. The fourth-order valence-electron chi connectivity index (χ4n) is 1.60. The number of carboxylic acid groups (broad SMARTS) is 1. The monoisotopic (exact) mass is 321 g/mol. The zero-order chi connectivity index (χ0) is 15.2. The number of thioether (sulfide) groups is 1. The first-order valence-corrected chi connectivity index (χ1v) is 7.43. The minimum absolute atomic E-state index is 0.178. The molecule has 0 aliphatic rings. The van der Waals surface area contributed by atoms with Gasteiger partial charge in [0.2, 0.25) is 5.91 Å². The van der Waals surface area contributed by atoms with E-state index in [-0.39, 0.29) is 17.2 Å². The zero-order valence-electron chi connectivity index (χ0n) is 10.9. The number of hydrogen-bond acceptors (Lipinski definition) is 3. The molecule has 0 aromatic heterocycles. The van der Waals surface area contributed by atoms with Crippen molar-refractivity contribution >= 4 is 40.9 Å². The molecule has 0 saturated heterocycles. The molecule has 21 heavy (non-hydrogen) atoms. The minimum Gasteiger partial charge on any atom is -0.478 e. The number of carbonyl (C=O) groups excluding carboxylic acids is 1. The van der Waals surface area contributed by atoms with Crippen LogP contribution in [0.4, 0.5) is 5.69 Å². The molecular formula is C15H12ClNO3S. The van der Waals surface area contributed by atoms with Crippen molar-refractivity contribution in [1.82, 2.24) is 0 Å². The molecule has 2 rings (SSSR count). The summed E-state index contributed by atoms with van der Waals surface area (Å²) in [6.07, 6.45) is 0. The smallest absolute Gasteiger partial charge is 0.335 e. The van der Waals surface area contributed by atoms with E-state index in [9.17, 15) is 9.59 Å². The van der Waals surface area contributed by atoms with Crippen LogP contribution in [0, 0.1) is 0 Å². The summed E-state index contributed by atoms with van der Waals surface area (Å²) < 4.78 is 0. The number of nitrogens with one attached hydrogen (secondary N) is 1. The van der Waals surface area contributed by atoms with Crippen molar-refractivity contribution in [3.63, 3.8) is 0 Å². The lowest BCUT2D eigenvalue weighted by molar-refractivity contribution is -0.113. The van der Waals surface area contributed by atoms with Gasteiger partial charge in [-0.15, -0.1) is 11.8 Å². The summed E-state index contributed by atoms with van der Waals surface area (Å²) in [7, 11) is 0. The first-order chi connectivity index (χ1) is 10.1. The largest absolute Gasteiger partial charge is 0.478 e. The van der Waals surface area contributed by atoms with Crippen LogP contribution >= 0.6 is 23.4 Å². The van der Waals surface area contributed by atoms with E-state index in [1.807, 2.05) is 18.2 Å². The lowest BCUT2D eigenvalue weighted by Gasteiger charge is -2.06. The molecule has 0 atom stereocenters. The van der Waals surface area contributed by atoms with E-state index < -0.39 is 5.97 Å². The lowest BCUT2D eigenvalue weighted by atomic mass is 10.2. The molecule has 0 fully saturated rings. The molecule has 0 spiro atoms. The van der Waals surface area contributed by atoms with Gasteiger partial charge in [-0.25, -0.2) is 4.79 Å². The van der Waals surface area contributed by atoms with Gasteiger partial charge in [0.25, 0.3) is 0 Å². The van der Waals surface area contributed by atoms with E-state index in [4.69, 9.17) is 16.7 Å². The molecule has 2 N–H and O–H groups in total. The van der Waals surface area contributed by atoms with Crippen LogP contribution in [0.3, 0.4) is 0 Å². The van der Waals surface area contributed by atoms with Crippen LogP contribution in [0.5, 0.6) is 0 Å². The van der Waals surface area contributed by atoms with Crippen molar-refractivity contribution in [2.24, 2.45) is 0 Å². The molecule has 0 unspecified atom stereocenters. The number of benzene rings is 2. The fraction of sp³-hybridized carbons (Fsp3) is 0.0667. The maximum absolute atomic E-state index is 11.8. The Hall–Kier alpha value is -1.98. The van der Waals surface area contributed by atoms with Crippen LogP contribution in [0.15, 0.2) is 53.4 Å². The van der Waals surface area contributed by atoms with E-state index in [0.29, 0.717) is 10.7 Å². The second-order valence-corrected chi connectivity index (χ2v) is 5.57. The topological polar surface area (TPSA) is 66.4 Å². The molecule has 2 aromatic carbocycles. The number of carbonyl (C=O) groups is 2. The van der Waals surface area contributed by atoms with Crippen LogP contribution in [0.1, 0.15) is 10.4 Å². The number of aromatic carboxylic acids is 1. The van der Waals surface area contributed by atoms with Gasteiger partial charge in [-0.1, -0.05) is 23.7 Å². The average molecular weight is 322 g/mol. The van der Waals surface area contributed by atoms with Gasteiger partial charge in [0.05, 0.1) is 16.3 Å². The first-order valence-electron chi connectivity index (χ1n) is 6.07. The van der Waals surface area contributed by atoms with Gasteiger partial charge in [0, 0.05) is 10.6 Å². The summed E-state index contributed by atoms with van der Waals surface area (Å²) in [6, 6.07) is 13.3. The van der Waals surface area contributed by atoms with Crippen LogP contribution in [-0.4, -0.2) is 22.7 Å². The predicted octanol–water partition coefficient (Wildman–Crippen LogP) is 3.77. The third-order valence-electron chi connectivity index (χ3n) is 2.61. The third-order valence-corrected chi connectivity index (χ3v) is 4.13. The van der Waals surface area contributed by atoms with Crippen molar-refractivity contribution in [2.75, 3.05) is 11.1 Å². The third kappa shape index (κ3) is 4.51. The number of halogens is 1. The highest BCUT2D eigenvalue weighted by molar-refractivity contribution is 8.00. The second-order valence-electron chi connectivity index (χ2n) is 4.15. The summed E-state index contributed by atoms with van der Waals surface area (Å²) >= 11 is 7.35. The molecule has 0 bridgehead atoms. The Kier molecular flexibility index (Phi) is 5.25. The maximum atomic E-state index is 11.8. The first kappa shape index (κ1) is 15.4. The molecule has 0 heterocycles. The summed E-state index contributed by atoms with van der Waals surface area (Å²) in [5.41, 5.74) is 0.739. The van der Waals surface area contributed by atoms with Gasteiger partial charge >= 0.3 is 5.97 Å². The molecule has 0 radical (unpaired) electrons. The number of carboxylic acids is 1. The normalized spacial score (nSPS) is 10.1. The van der Waals surface area contributed by atoms with Gasteiger partial charge in [0.1, 0.15) is 0 Å². The van der Waals surface area contributed by atoms with Crippen molar-refractivity contribution < 1.29 is 14.7 Å². The Morgan fingerprint density at radius 2 is 1.76 bits per heavy atom. The number of amides is 1. The molecule has 2 aromatic rings. The van der Waals surface area contributed by atoms with Crippen molar-refractivity contribution in [1.29, 1.82) is 0 Å². The Balaban J connectivity index is 1.90.